The van der Waals surface area contributed by atoms with Crippen molar-refractivity contribution in [2.24, 2.45) is 0 Å². The summed E-state index contributed by atoms with van der Waals surface area (Å²) in [5, 5.41) is 4.12. The first kappa shape index (κ1) is 17.7. The lowest BCUT2D eigenvalue weighted by Gasteiger charge is -2.19. The van der Waals surface area contributed by atoms with Gasteiger partial charge in [0.2, 0.25) is 10.0 Å². The molecule has 0 spiro atoms. The lowest BCUT2D eigenvalue weighted by Crippen LogP contribution is -2.34. The first-order chi connectivity index (χ1) is 9.60. The van der Waals surface area contributed by atoms with Crippen LogP contribution in [0.2, 0.25) is 0 Å². The maximum absolute atomic E-state index is 11.9. The Hall–Kier alpha value is -1.32. The third kappa shape index (κ3) is 6.78. The predicted molar refractivity (Wildman–Crippen MR) is 82.8 cm³/mol. The molecule has 21 heavy (non-hydrogen) atoms. The first-order valence-electron chi connectivity index (χ1n) is 6.41. The zero-order valence-electron chi connectivity index (χ0n) is 12.3. The molecule has 0 aliphatic carbocycles. The Bertz CT molecular complexity index is 576. The number of carbonyl (C=O) groups is 1. The minimum atomic E-state index is -3.52. The van der Waals surface area contributed by atoms with E-state index >= 15 is 0 Å². The molecule has 1 aromatic heterocycles. The van der Waals surface area contributed by atoms with Gasteiger partial charge in [-0.25, -0.2) is 17.9 Å². The minimum Gasteiger partial charge on any atom is -0.444 e. The number of amides is 1. The number of hydrogen-bond donors (Lipinski definition) is 3. The van der Waals surface area contributed by atoms with Gasteiger partial charge in [0, 0.05) is 24.2 Å². The predicted octanol–water partition coefficient (Wildman–Crippen LogP) is 1.52. The van der Waals surface area contributed by atoms with E-state index in [0.29, 0.717) is 18.7 Å². The second-order valence-electron chi connectivity index (χ2n) is 5.38. The number of carbonyl (C=O) groups excluding carboxylic acids is 1. The summed E-state index contributed by atoms with van der Waals surface area (Å²) < 4.78 is 31.4. The Balaban J connectivity index is 2.27. The smallest absolute Gasteiger partial charge is 0.407 e. The van der Waals surface area contributed by atoms with Crippen LogP contribution in [0.15, 0.2) is 15.7 Å². The van der Waals surface area contributed by atoms with Crippen LogP contribution < -0.4 is 15.8 Å². The lowest BCUT2D eigenvalue weighted by molar-refractivity contribution is 0.0527. The topological polar surface area (TPSA) is 111 Å². The highest BCUT2D eigenvalue weighted by atomic mass is 32.2. The van der Waals surface area contributed by atoms with E-state index in [9.17, 15) is 13.2 Å². The number of hydrogen-bond acceptors (Lipinski definition) is 6. The number of anilines is 1. The van der Waals surface area contributed by atoms with Crippen molar-refractivity contribution in [1.29, 1.82) is 0 Å². The number of nitrogens with two attached hydrogens (primary N) is 1. The standard InChI is InChI=1S/C12H21N3O4S2/c1-12(2,3)19-11(16)14-5-4-6-15-21(17,18)10-7-9(13)8-20-10/h7-8,15H,4-6,13H2,1-3H3,(H,14,16). The molecule has 0 fully saturated rings. The van der Waals surface area contributed by atoms with Gasteiger partial charge in [-0.05, 0) is 33.3 Å². The fourth-order valence-corrected chi connectivity index (χ4v) is 3.54. The molecule has 1 heterocycles. The molecule has 0 aliphatic rings. The molecule has 0 aromatic carbocycles. The Morgan fingerprint density at radius 1 is 1.38 bits per heavy atom. The zero-order valence-corrected chi connectivity index (χ0v) is 13.9. The molecular formula is C12H21N3O4S2. The van der Waals surface area contributed by atoms with Crippen molar-refractivity contribution in [2.75, 3.05) is 18.8 Å². The van der Waals surface area contributed by atoms with Gasteiger partial charge < -0.3 is 15.8 Å². The fraction of sp³-hybridized carbons (Fsp3) is 0.583. The van der Waals surface area contributed by atoms with Crippen molar-refractivity contribution in [3.63, 3.8) is 0 Å². The quantitative estimate of drug-likeness (QED) is 0.683. The molecule has 0 saturated heterocycles. The minimum absolute atomic E-state index is 0.181. The molecule has 0 unspecified atom stereocenters. The Morgan fingerprint density at radius 2 is 2.05 bits per heavy atom. The van der Waals surface area contributed by atoms with Gasteiger partial charge >= 0.3 is 6.09 Å². The summed E-state index contributed by atoms with van der Waals surface area (Å²) in [6.45, 7) is 5.86. The maximum Gasteiger partial charge on any atom is 0.407 e. The third-order valence-corrected chi connectivity index (χ3v) is 5.09. The largest absolute Gasteiger partial charge is 0.444 e. The van der Waals surface area contributed by atoms with Crippen LogP contribution in [0, 0.1) is 0 Å². The van der Waals surface area contributed by atoms with Crippen molar-refractivity contribution < 1.29 is 17.9 Å². The van der Waals surface area contributed by atoms with Crippen LogP contribution in [0.3, 0.4) is 0 Å². The van der Waals surface area contributed by atoms with E-state index < -0.39 is 21.7 Å². The van der Waals surface area contributed by atoms with E-state index in [2.05, 4.69) is 10.0 Å². The van der Waals surface area contributed by atoms with Crippen molar-refractivity contribution in [3.8, 4) is 0 Å². The highest BCUT2D eigenvalue weighted by molar-refractivity contribution is 7.91. The molecule has 0 aliphatic heterocycles. The number of rotatable bonds is 6. The number of ether oxygens (including phenoxy) is 1. The molecule has 0 atom stereocenters. The number of thiophene rings is 1. The normalized spacial score (nSPS) is 12.1. The monoisotopic (exact) mass is 335 g/mol. The Morgan fingerprint density at radius 3 is 2.57 bits per heavy atom. The van der Waals surface area contributed by atoms with E-state index in [0.717, 1.165) is 11.3 Å². The molecule has 120 valence electrons. The molecule has 1 amide bonds. The van der Waals surface area contributed by atoms with Gasteiger partial charge in [0.1, 0.15) is 9.81 Å². The summed E-state index contributed by atoms with van der Waals surface area (Å²) in [4.78, 5) is 11.4. The summed E-state index contributed by atoms with van der Waals surface area (Å²) in [5.74, 6) is 0. The second kappa shape index (κ2) is 7.10. The third-order valence-electron chi connectivity index (χ3n) is 2.17. The van der Waals surface area contributed by atoms with E-state index in [4.69, 9.17) is 10.5 Å². The molecular weight excluding hydrogens is 314 g/mol. The van der Waals surface area contributed by atoms with Crippen LogP contribution in [0.5, 0.6) is 0 Å². The summed E-state index contributed by atoms with van der Waals surface area (Å²) >= 11 is 1.07. The Kier molecular flexibility index (Phi) is 5.99. The van der Waals surface area contributed by atoms with Crippen LogP contribution in [0.25, 0.3) is 0 Å². The van der Waals surface area contributed by atoms with Crippen molar-refractivity contribution in [3.05, 3.63) is 11.4 Å². The molecule has 0 saturated carbocycles. The maximum atomic E-state index is 11.9. The molecule has 1 rings (SSSR count). The SMILES string of the molecule is CC(C)(C)OC(=O)NCCCNS(=O)(=O)c1cc(N)cs1. The molecule has 4 N–H and O–H groups in total. The van der Waals surface area contributed by atoms with Crippen LogP contribution >= 0.6 is 11.3 Å². The first-order valence-corrected chi connectivity index (χ1v) is 8.77. The van der Waals surface area contributed by atoms with Gasteiger partial charge in [-0.2, -0.15) is 0 Å². The highest BCUT2D eigenvalue weighted by Crippen LogP contribution is 2.21. The van der Waals surface area contributed by atoms with Crippen molar-refractivity contribution >= 4 is 33.1 Å². The van der Waals surface area contributed by atoms with Gasteiger partial charge in [-0.15, -0.1) is 11.3 Å². The number of sulfonamides is 1. The molecule has 1 aromatic rings. The van der Waals surface area contributed by atoms with Crippen molar-refractivity contribution in [2.45, 2.75) is 37.0 Å². The number of nitrogens with one attached hydrogen (secondary N) is 2. The average Bonchev–Trinajstić information content (AvgIpc) is 2.73. The van der Waals surface area contributed by atoms with E-state index in [1.807, 2.05) is 0 Å². The summed E-state index contributed by atoms with van der Waals surface area (Å²) in [6.07, 6.45) is -0.0596. The lowest BCUT2D eigenvalue weighted by atomic mass is 10.2. The van der Waals surface area contributed by atoms with Gasteiger partial charge in [0.15, 0.2) is 0 Å². The fourth-order valence-electron chi connectivity index (χ4n) is 1.34. The second-order valence-corrected chi connectivity index (χ2v) is 8.28. The van der Waals surface area contributed by atoms with Crippen LogP contribution in [-0.2, 0) is 14.8 Å². The van der Waals surface area contributed by atoms with Crippen molar-refractivity contribution in [1.82, 2.24) is 10.0 Å². The van der Waals surface area contributed by atoms with E-state index in [1.165, 1.54) is 6.07 Å². The molecule has 0 radical (unpaired) electrons. The molecule has 9 heteroatoms. The Labute approximate surface area is 128 Å². The summed E-state index contributed by atoms with van der Waals surface area (Å²) in [7, 11) is -3.52. The zero-order chi connectivity index (χ0) is 16.1. The van der Waals surface area contributed by atoms with E-state index in [1.54, 1.807) is 26.2 Å². The summed E-state index contributed by atoms with van der Waals surface area (Å²) in [5.41, 5.74) is 5.36. The average molecular weight is 335 g/mol. The van der Waals surface area contributed by atoms with Gasteiger partial charge in [-0.3, -0.25) is 0 Å². The van der Waals surface area contributed by atoms with Gasteiger partial charge in [0.05, 0.1) is 0 Å². The highest BCUT2D eigenvalue weighted by Gasteiger charge is 2.17. The van der Waals surface area contributed by atoms with E-state index in [-0.39, 0.29) is 10.8 Å². The number of nitrogen functional groups attached to an aromatic ring is 1. The molecule has 7 nitrogen and oxygen atoms in total. The van der Waals surface area contributed by atoms with Gasteiger partial charge in [0.25, 0.3) is 0 Å². The molecule has 0 bridgehead atoms. The van der Waals surface area contributed by atoms with Gasteiger partial charge in [-0.1, -0.05) is 0 Å². The summed E-state index contributed by atoms with van der Waals surface area (Å²) in [6, 6.07) is 1.41. The van der Waals surface area contributed by atoms with Crippen LogP contribution in [0.4, 0.5) is 10.5 Å². The van der Waals surface area contributed by atoms with Crippen LogP contribution in [-0.4, -0.2) is 33.2 Å². The van der Waals surface area contributed by atoms with Crippen LogP contribution in [0.1, 0.15) is 27.2 Å². The number of alkyl carbamates (subject to hydrolysis) is 1.